The summed E-state index contributed by atoms with van der Waals surface area (Å²) in [5.41, 5.74) is 6.97. The number of fused-ring (bicyclic) bond motifs is 1. The van der Waals surface area contributed by atoms with Gasteiger partial charge in [-0.15, -0.1) is 5.10 Å². The lowest BCUT2D eigenvalue weighted by Crippen LogP contribution is -2.08. The largest absolute Gasteiger partial charge is 0.397 e. The van der Waals surface area contributed by atoms with Gasteiger partial charge in [-0.3, -0.25) is 4.79 Å². The van der Waals surface area contributed by atoms with Crippen LogP contribution in [0.25, 0.3) is 16.6 Å². The minimum Gasteiger partial charge on any atom is -0.397 e. The molecule has 0 saturated heterocycles. The van der Waals surface area contributed by atoms with Crippen LogP contribution in [0.1, 0.15) is 5.82 Å². The van der Waals surface area contributed by atoms with E-state index in [4.69, 9.17) is 11.0 Å². The van der Waals surface area contributed by atoms with Gasteiger partial charge in [0.1, 0.15) is 12.4 Å². The van der Waals surface area contributed by atoms with E-state index in [0.29, 0.717) is 22.3 Å². The number of hydrogen-bond donors (Lipinski definition) is 2. The van der Waals surface area contributed by atoms with Gasteiger partial charge in [-0.25, -0.2) is 14.6 Å². The van der Waals surface area contributed by atoms with E-state index in [1.165, 1.54) is 23.4 Å². The molecule has 19 heavy (non-hydrogen) atoms. The molecule has 92 valence electrons. The standard InChI is InChI=1S/C11H7N7O/c12-3-10-16-5-18(17-10)9-2-8-6(1-7(9)13)11(19)15-4-14-8/h1-2,4-5H,13H2,(H,14,15,19). The summed E-state index contributed by atoms with van der Waals surface area (Å²) in [5, 5.41) is 13.0. The molecular weight excluding hydrogens is 246 g/mol. The Morgan fingerprint density at radius 2 is 2.21 bits per heavy atom. The number of nitrogens with one attached hydrogen (secondary N) is 1. The lowest BCUT2D eigenvalue weighted by atomic mass is 10.2. The van der Waals surface area contributed by atoms with E-state index in [1.807, 2.05) is 6.07 Å². The summed E-state index contributed by atoms with van der Waals surface area (Å²) in [6, 6.07) is 4.97. The van der Waals surface area contributed by atoms with E-state index in [1.54, 1.807) is 6.07 Å². The van der Waals surface area contributed by atoms with E-state index < -0.39 is 0 Å². The van der Waals surface area contributed by atoms with Crippen molar-refractivity contribution in [2.24, 2.45) is 0 Å². The molecule has 0 unspecified atom stereocenters. The van der Waals surface area contributed by atoms with Crippen molar-refractivity contribution in [2.75, 3.05) is 5.73 Å². The first kappa shape index (κ1) is 10.9. The Labute approximate surface area is 106 Å². The number of anilines is 1. The zero-order valence-corrected chi connectivity index (χ0v) is 9.53. The first-order valence-electron chi connectivity index (χ1n) is 5.28. The Kier molecular flexibility index (Phi) is 2.25. The quantitative estimate of drug-likeness (QED) is 0.586. The number of hydrogen-bond acceptors (Lipinski definition) is 6. The molecule has 3 rings (SSSR count). The molecule has 0 saturated carbocycles. The Balaban J connectivity index is 2.28. The van der Waals surface area contributed by atoms with Crippen LogP contribution >= 0.6 is 0 Å². The molecule has 8 heteroatoms. The monoisotopic (exact) mass is 253 g/mol. The number of nitrogens with zero attached hydrogens (tertiary/aromatic N) is 5. The van der Waals surface area contributed by atoms with Gasteiger partial charge in [-0.2, -0.15) is 5.26 Å². The maximum atomic E-state index is 11.6. The Morgan fingerprint density at radius 3 is 2.95 bits per heavy atom. The van der Waals surface area contributed by atoms with Gasteiger partial charge in [0.25, 0.3) is 11.4 Å². The smallest absolute Gasteiger partial charge is 0.258 e. The average molecular weight is 253 g/mol. The van der Waals surface area contributed by atoms with E-state index >= 15 is 0 Å². The highest BCUT2D eigenvalue weighted by Gasteiger charge is 2.09. The third-order valence-corrected chi connectivity index (χ3v) is 2.63. The van der Waals surface area contributed by atoms with Crippen LogP contribution in [-0.2, 0) is 0 Å². The fourth-order valence-corrected chi connectivity index (χ4v) is 1.75. The van der Waals surface area contributed by atoms with Crippen LogP contribution in [0.2, 0.25) is 0 Å². The van der Waals surface area contributed by atoms with Gasteiger partial charge >= 0.3 is 0 Å². The summed E-state index contributed by atoms with van der Waals surface area (Å²) < 4.78 is 1.37. The summed E-state index contributed by atoms with van der Waals surface area (Å²) in [6.45, 7) is 0. The maximum absolute atomic E-state index is 11.6. The zero-order chi connectivity index (χ0) is 13.4. The molecule has 2 aromatic heterocycles. The van der Waals surface area contributed by atoms with Crippen molar-refractivity contribution in [2.45, 2.75) is 0 Å². The summed E-state index contributed by atoms with van der Waals surface area (Å²) in [7, 11) is 0. The number of nitrogen functional groups attached to an aromatic ring is 1. The molecule has 0 radical (unpaired) electrons. The second-order valence-corrected chi connectivity index (χ2v) is 3.78. The third-order valence-electron chi connectivity index (χ3n) is 2.63. The summed E-state index contributed by atoms with van der Waals surface area (Å²) in [5.74, 6) is 0.0402. The number of nitriles is 1. The normalized spacial score (nSPS) is 10.5. The molecule has 3 aromatic rings. The molecule has 1 aromatic carbocycles. The number of benzene rings is 1. The van der Waals surface area contributed by atoms with Crippen molar-refractivity contribution >= 4 is 16.6 Å². The van der Waals surface area contributed by atoms with Gasteiger partial charge in [0, 0.05) is 0 Å². The highest BCUT2D eigenvalue weighted by molar-refractivity contribution is 5.85. The summed E-state index contributed by atoms with van der Waals surface area (Å²) in [6.07, 6.45) is 2.69. The molecule has 0 fully saturated rings. The highest BCUT2D eigenvalue weighted by Crippen LogP contribution is 2.20. The number of aromatic nitrogens is 5. The lowest BCUT2D eigenvalue weighted by molar-refractivity contribution is 0.875. The fraction of sp³-hybridized carbons (Fsp3) is 0. The van der Waals surface area contributed by atoms with Crippen molar-refractivity contribution in [1.82, 2.24) is 24.7 Å². The van der Waals surface area contributed by atoms with Gasteiger partial charge < -0.3 is 10.7 Å². The molecule has 0 amide bonds. The van der Waals surface area contributed by atoms with Crippen LogP contribution in [0.5, 0.6) is 0 Å². The number of H-pyrrole nitrogens is 1. The van der Waals surface area contributed by atoms with Crippen LogP contribution in [0.4, 0.5) is 5.69 Å². The highest BCUT2D eigenvalue weighted by atomic mass is 16.1. The molecule has 2 heterocycles. The number of rotatable bonds is 1. The summed E-state index contributed by atoms with van der Waals surface area (Å²) in [4.78, 5) is 21.9. The van der Waals surface area contributed by atoms with Gasteiger partial charge in [-0.05, 0) is 12.1 Å². The Bertz CT molecular complexity index is 871. The minimum absolute atomic E-state index is 0.0402. The predicted octanol–water partition coefficient (Wildman–Crippen LogP) is -0.0423. The second-order valence-electron chi connectivity index (χ2n) is 3.78. The Hall–Kier alpha value is -3.21. The molecule has 0 spiro atoms. The van der Waals surface area contributed by atoms with Crippen LogP contribution in [0.15, 0.2) is 29.6 Å². The van der Waals surface area contributed by atoms with E-state index in [0.717, 1.165) is 0 Å². The topological polar surface area (TPSA) is 126 Å². The molecule has 0 aliphatic rings. The van der Waals surface area contributed by atoms with Crippen molar-refractivity contribution in [3.05, 3.63) is 41.0 Å². The predicted molar refractivity (Wildman–Crippen MR) is 66.4 cm³/mol. The lowest BCUT2D eigenvalue weighted by Gasteiger charge is -2.06. The molecule has 0 aliphatic carbocycles. The van der Waals surface area contributed by atoms with Crippen LogP contribution in [0, 0.1) is 11.3 Å². The van der Waals surface area contributed by atoms with Crippen LogP contribution in [0.3, 0.4) is 0 Å². The Morgan fingerprint density at radius 1 is 1.37 bits per heavy atom. The van der Waals surface area contributed by atoms with E-state index in [-0.39, 0.29) is 11.4 Å². The molecular formula is C11H7N7O. The minimum atomic E-state index is -0.264. The van der Waals surface area contributed by atoms with E-state index in [2.05, 4.69) is 20.1 Å². The van der Waals surface area contributed by atoms with Gasteiger partial charge in [0.05, 0.1) is 28.6 Å². The average Bonchev–Trinajstić information content (AvgIpc) is 2.88. The molecule has 3 N–H and O–H groups in total. The SMILES string of the molecule is N#Cc1ncn(-c2cc3nc[nH]c(=O)c3cc2N)n1. The van der Waals surface area contributed by atoms with Gasteiger partial charge in [-0.1, -0.05) is 0 Å². The third kappa shape index (κ3) is 1.69. The van der Waals surface area contributed by atoms with Gasteiger partial charge in [0.15, 0.2) is 0 Å². The van der Waals surface area contributed by atoms with Crippen molar-refractivity contribution < 1.29 is 0 Å². The first-order chi connectivity index (χ1) is 9.19. The van der Waals surface area contributed by atoms with Crippen molar-refractivity contribution in [3.63, 3.8) is 0 Å². The van der Waals surface area contributed by atoms with Crippen molar-refractivity contribution in [3.8, 4) is 11.8 Å². The maximum Gasteiger partial charge on any atom is 0.258 e. The molecule has 0 aliphatic heterocycles. The zero-order valence-electron chi connectivity index (χ0n) is 9.53. The molecule has 0 atom stereocenters. The molecule has 0 bridgehead atoms. The van der Waals surface area contributed by atoms with Gasteiger partial charge in [0.2, 0.25) is 0 Å². The fourth-order valence-electron chi connectivity index (χ4n) is 1.75. The molecule has 8 nitrogen and oxygen atoms in total. The van der Waals surface area contributed by atoms with Crippen LogP contribution in [-0.4, -0.2) is 24.7 Å². The van der Waals surface area contributed by atoms with Crippen molar-refractivity contribution in [1.29, 1.82) is 5.26 Å². The first-order valence-corrected chi connectivity index (χ1v) is 5.28. The second kappa shape index (κ2) is 3.92. The number of nitrogens with two attached hydrogens (primary N) is 1. The van der Waals surface area contributed by atoms with E-state index in [9.17, 15) is 4.79 Å². The van der Waals surface area contributed by atoms with Crippen LogP contribution < -0.4 is 11.3 Å². The summed E-state index contributed by atoms with van der Waals surface area (Å²) >= 11 is 0. The number of aromatic amines is 1.